The first-order valence-corrected chi connectivity index (χ1v) is 10.8. The van der Waals surface area contributed by atoms with Gasteiger partial charge in [0.25, 0.3) is 17.1 Å². The van der Waals surface area contributed by atoms with E-state index in [4.69, 9.17) is 4.74 Å². The third-order valence-corrected chi connectivity index (χ3v) is 5.29. The molecular weight excluding hydrogens is 476 g/mol. The molecule has 0 aliphatic carbocycles. The third-order valence-electron chi connectivity index (χ3n) is 4.47. The number of imide groups is 1. The molecule has 1 aromatic heterocycles. The maximum Gasteiger partial charge on any atom is 0.350 e. The summed E-state index contributed by atoms with van der Waals surface area (Å²) in [6.07, 6.45) is 3.48. The summed E-state index contributed by atoms with van der Waals surface area (Å²) in [6, 6.07) is 15.2. The SMILES string of the molecule is O=C(Cn1ncn(-c2ccccc2)c1=O)N/N=C\c1ccccc1OC(=O)/C=C1/SC(=O)NC1=O. The van der Waals surface area contributed by atoms with Gasteiger partial charge in [-0.2, -0.15) is 10.2 Å². The van der Waals surface area contributed by atoms with Gasteiger partial charge in [0.15, 0.2) is 0 Å². The topological polar surface area (TPSA) is 154 Å². The molecule has 0 atom stereocenters. The van der Waals surface area contributed by atoms with Crippen LogP contribution in [0.3, 0.4) is 0 Å². The first kappa shape index (κ1) is 23.4. The third kappa shape index (κ3) is 5.78. The van der Waals surface area contributed by atoms with Gasteiger partial charge in [-0.3, -0.25) is 19.7 Å². The minimum absolute atomic E-state index is 0.0802. The molecular formula is C22H16N6O6S. The van der Waals surface area contributed by atoms with E-state index in [9.17, 15) is 24.0 Å². The van der Waals surface area contributed by atoms with E-state index in [0.717, 1.165) is 10.8 Å². The summed E-state index contributed by atoms with van der Waals surface area (Å²) in [5, 5.41) is 9.23. The fraction of sp³-hybridized carbons (Fsp3) is 0.0455. The van der Waals surface area contributed by atoms with E-state index in [1.807, 2.05) is 11.4 Å². The Bertz CT molecular complexity index is 1430. The minimum Gasteiger partial charge on any atom is -0.423 e. The lowest BCUT2D eigenvalue weighted by Crippen LogP contribution is -2.31. The van der Waals surface area contributed by atoms with E-state index in [1.54, 1.807) is 42.5 Å². The van der Waals surface area contributed by atoms with Crippen LogP contribution in [0.15, 0.2) is 81.8 Å². The van der Waals surface area contributed by atoms with E-state index >= 15 is 0 Å². The number of amides is 3. The number of hydrogen-bond donors (Lipinski definition) is 2. The van der Waals surface area contributed by atoms with Gasteiger partial charge in [-0.05, 0) is 36.0 Å². The second kappa shape index (κ2) is 10.4. The van der Waals surface area contributed by atoms with Gasteiger partial charge in [-0.1, -0.05) is 30.3 Å². The number of nitrogens with one attached hydrogen (secondary N) is 2. The molecule has 12 nitrogen and oxygen atoms in total. The van der Waals surface area contributed by atoms with E-state index in [1.165, 1.54) is 23.2 Å². The molecule has 2 heterocycles. The molecule has 3 amide bonds. The van der Waals surface area contributed by atoms with Crippen LogP contribution in [0.2, 0.25) is 0 Å². The van der Waals surface area contributed by atoms with Crippen LogP contribution in [-0.4, -0.2) is 43.6 Å². The Labute approximate surface area is 201 Å². The standard InChI is InChI=1S/C22H16N6O6S/c29-18(12-28-22(33)27(13-24-28)15-7-2-1-3-8-15)26-23-11-14-6-4-5-9-16(14)34-19(30)10-17-20(31)25-21(32)35-17/h1-11,13H,12H2,(H,26,29)(H,25,31,32)/b17-10+,23-11-. The number of aromatic nitrogens is 3. The van der Waals surface area contributed by atoms with E-state index in [-0.39, 0.29) is 17.2 Å². The molecule has 2 N–H and O–H groups in total. The van der Waals surface area contributed by atoms with Gasteiger partial charge < -0.3 is 4.74 Å². The normalized spacial score (nSPS) is 14.3. The summed E-state index contributed by atoms with van der Waals surface area (Å²) in [7, 11) is 0. The number of carbonyl (C=O) groups is 4. The van der Waals surface area contributed by atoms with Crippen molar-refractivity contribution in [3.05, 3.63) is 88.0 Å². The summed E-state index contributed by atoms with van der Waals surface area (Å²) in [5.41, 5.74) is 2.76. The van der Waals surface area contributed by atoms with Crippen molar-refractivity contribution in [1.29, 1.82) is 0 Å². The van der Waals surface area contributed by atoms with Crippen molar-refractivity contribution in [3.8, 4) is 11.4 Å². The van der Waals surface area contributed by atoms with Crippen molar-refractivity contribution in [1.82, 2.24) is 25.1 Å². The first-order valence-electron chi connectivity index (χ1n) is 9.98. The number of nitrogens with zero attached hydrogens (tertiary/aromatic N) is 4. The molecule has 0 radical (unpaired) electrons. The van der Waals surface area contributed by atoms with Crippen molar-refractivity contribution < 1.29 is 23.9 Å². The summed E-state index contributed by atoms with van der Waals surface area (Å²) < 4.78 is 7.52. The molecule has 0 saturated carbocycles. The number of esters is 1. The van der Waals surface area contributed by atoms with Crippen LogP contribution in [0.1, 0.15) is 5.56 Å². The Balaban J connectivity index is 1.38. The number of hydrazone groups is 1. The minimum atomic E-state index is -0.865. The van der Waals surface area contributed by atoms with Gasteiger partial charge in [-0.25, -0.2) is 24.3 Å². The average molecular weight is 492 g/mol. The fourth-order valence-corrected chi connectivity index (χ4v) is 3.54. The number of hydrogen-bond acceptors (Lipinski definition) is 9. The molecule has 1 saturated heterocycles. The van der Waals surface area contributed by atoms with Crippen LogP contribution >= 0.6 is 11.8 Å². The molecule has 0 unspecified atom stereocenters. The average Bonchev–Trinajstić information content (AvgIpc) is 3.35. The van der Waals surface area contributed by atoms with Gasteiger partial charge in [0.2, 0.25) is 0 Å². The Hall–Kier alpha value is -4.78. The first-order chi connectivity index (χ1) is 16.9. The van der Waals surface area contributed by atoms with Gasteiger partial charge >= 0.3 is 11.7 Å². The van der Waals surface area contributed by atoms with Crippen LogP contribution in [0.5, 0.6) is 5.75 Å². The molecule has 4 rings (SSSR count). The number of rotatable bonds is 7. The highest BCUT2D eigenvalue weighted by atomic mass is 32.2. The lowest BCUT2D eigenvalue weighted by atomic mass is 10.2. The molecule has 13 heteroatoms. The highest BCUT2D eigenvalue weighted by Crippen LogP contribution is 2.23. The zero-order chi connectivity index (χ0) is 24.8. The summed E-state index contributed by atoms with van der Waals surface area (Å²) in [5.74, 6) is -2.03. The Morgan fingerprint density at radius 1 is 1.09 bits per heavy atom. The second-order valence-electron chi connectivity index (χ2n) is 6.88. The van der Waals surface area contributed by atoms with Crippen LogP contribution in [0.4, 0.5) is 4.79 Å². The molecule has 2 aromatic carbocycles. The van der Waals surface area contributed by atoms with Crippen molar-refractivity contribution in [3.63, 3.8) is 0 Å². The quantitative estimate of drug-likeness (QED) is 0.163. The lowest BCUT2D eigenvalue weighted by Gasteiger charge is -2.05. The van der Waals surface area contributed by atoms with E-state index < -0.39 is 28.7 Å². The van der Waals surface area contributed by atoms with Crippen LogP contribution in [-0.2, 0) is 20.9 Å². The molecule has 1 aliphatic heterocycles. The maximum absolute atomic E-state index is 12.5. The molecule has 0 spiro atoms. The van der Waals surface area contributed by atoms with E-state index in [0.29, 0.717) is 23.0 Å². The lowest BCUT2D eigenvalue weighted by molar-refractivity contribution is -0.129. The van der Waals surface area contributed by atoms with Gasteiger partial charge in [0, 0.05) is 11.6 Å². The molecule has 1 fully saturated rings. The monoisotopic (exact) mass is 492 g/mol. The smallest absolute Gasteiger partial charge is 0.350 e. The zero-order valence-electron chi connectivity index (χ0n) is 17.8. The maximum atomic E-state index is 12.5. The van der Waals surface area contributed by atoms with Gasteiger partial charge in [0.1, 0.15) is 18.6 Å². The number of thioether (sulfide) groups is 1. The number of ether oxygens (including phenoxy) is 1. The van der Waals surface area contributed by atoms with Crippen molar-refractivity contribution in [2.24, 2.45) is 5.10 Å². The molecule has 1 aliphatic rings. The van der Waals surface area contributed by atoms with Crippen LogP contribution in [0, 0.1) is 0 Å². The molecule has 3 aromatic rings. The fourth-order valence-electron chi connectivity index (χ4n) is 2.90. The number of benzene rings is 2. The highest BCUT2D eigenvalue weighted by Gasteiger charge is 2.26. The summed E-state index contributed by atoms with van der Waals surface area (Å²) in [4.78, 5) is 59.5. The Morgan fingerprint density at radius 3 is 2.57 bits per heavy atom. The Kier molecular flexibility index (Phi) is 6.97. The molecule has 176 valence electrons. The number of para-hydroxylation sites is 2. The van der Waals surface area contributed by atoms with Crippen molar-refractivity contribution >= 4 is 41.0 Å². The predicted octanol–water partition coefficient (Wildman–Crippen LogP) is 0.957. The summed E-state index contributed by atoms with van der Waals surface area (Å²) >= 11 is 0.592. The zero-order valence-corrected chi connectivity index (χ0v) is 18.6. The summed E-state index contributed by atoms with van der Waals surface area (Å²) in [6.45, 7) is -0.362. The van der Waals surface area contributed by atoms with Crippen LogP contribution in [0.25, 0.3) is 5.69 Å². The molecule has 35 heavy (non-hydrogen) atoms. The van der Waals surface area contributed by atoms with Gasteiger partial charge in [0.05, 0.1) is 16.8 Å². The van der Waals surface area contributed by atoms with E-state index in [2.05, 4.69) is 15.6 Å². The number of carbonyl (C=O) groups excluding carboxylic acids is 4. The largest absolute Gasteiger partial charge is 0.423 e. The highest BCUT2D eigenvalue weighted by molar-refractivity contribution is 8.18. The van der Waals surface area contributed by atoms with Crippen molar-refractivity contribution in [2.45, 2.75) is 6.54 Å². The molecule has 0 bridgehead atoms. The Morgan fingerprint density at radius 2 is 1.83 bits per heavy atom. The van der Waals surface area contributed by atoms with Crippen molar-refractivity contribution in [2.75, 3.05) is 0 Å². The second-order valence-corrected chi connectivity index (χ2v) is 7.90. The van der Waals surface area contributed by atoms with Crippen LogP contribution < -0.4 is 21.2 Å². The predicted molar refractivity (Wildman–Crippen MR) is 125 cm³/mol. The van der Waals surface area contributed by atoms with Gasteiger partial charge in [-0.15, -0.1) is 0 Å².